The summed E-state index contributed by atoms with van der Waals surface area (Å²) in [6, 6.07) is 58.3. The quantitative estimate of drug-likeness (QED) is 0.192. The average molecular weight is 613 g/mol. The van der Waals surface area contributed by atoms with Gasteiger partial charge in [0.25, 0.3) is 0 Å². The first-order chi connectivity index (χ1) is 23.6. The molecule has 0 fully saturated rings. The van der Waals surface area contributed by atoms with Crippen LogP contribution < -0.4 is 4.90 Å². The second-order valence-corrected chi connectivity index (χ2v) is 13.2. The van der Waals surface area contributed by atoms with E-state index in [1.54, 1.807) is 0 Å². The Morgan fingerprint density at radius 1 is 0.375 bits per heavy atom. The molecule has 0 aliphatic heterocycles. The number of benzene rings is 8. The van der Waals surface area contributed by atoms with Crippen LogP contribution in [-0.4, -0.2) is 4.57 Å². The summed E-state index contributed by atoms with van der Waals surface area (Å²) in [5, 5.41) is 7.62. The van der Waals surface area contributed by atoms with Gasteiger partial charge in [0, 0.05) is 33.5 Å². The molecule has 1 aliphatic carbocycles. The average Bonchev–Trinajstić information content (AvgIpc) is 3.46. The highest BCUT2D eigenvalue weighted by molar-refractivity contribution is 6.13. The van der Waals surface area contributed by atoms with E-state index in [0.29, 0.717) is 0 Å². The van der Waals surface area contributed by atoms with Gasteiger partial charge >= 0.3 is 0 Å². The molecule has 0 amide bonds. The van der Waals surface area contributed by atoms with Gasteiger partial charge in [0.05, 0.1) is 11.0 Å². The minimum absolute atomic E-state index is 1.16. The van der Waals surface area contributed by atoms with Crippen LogP contribution in [0.15, 0.2) is 158 Å². The van der Waals surface area contributed by atoms with Crippen LogP contribution >= 0.6 is 0 Å². The Hall–Kier alpha value is -6.12. The van der Waals surface area contributed by atoms with Crippen molar-refractivity contribution < 1.29 is 0 Å². The number of fused-ring (bicyclic) bond motifs is 9. The van der Waals surface area contributed by atoms with Crippen LogP contribution in [-0.2, 0) is 0 Å². The third-order valence-corrected chi connectivity index (χ3v) is 10.2. The highest BCUT2D eigenvalue weighted by Crippen LogP contribution is 2.51. The zero-order valence-corrected chi connectivity index (χ0v) is 26.9. The molecule has 0 N–H and O–H groups in total. The van der Waals surface area contributed by atoms with Crippen molar-refractivity contribution in [3.05, 3.63) is 169 Å². The Labute approximate surface area is 279 Å². The third kappa shape index (κ3) is 4.06. The van der Waals surface area contributed by atoms with Gasteiger partial charge in [-0.15, -0.1) is 0 Å². The third-order valence-electron chi connectivity index (χ3n) is 10.2. The number of anilines is 3. The molecule has 0 atom stereocenters. The topological polar surface area (TPSA) is 8.17 Å². The van der Waals surface area contributed by atoms with Gasteiger partial charge in [0.15, 0.2) is 0 Å². The summed E-state index contributed by atoms with van der Waals surface area (Å²) in [7, 11) is 0. The first-order valence-electron chi connectivity index (χ1n) is 16.7. The van der Waals surface area contributed by atoms with Crippen LogP contribution in [0.1, 0.15) is 11.1 Å². The summed E-state index contributed by atoms with van der Waals surface area (Å²) in [4.78, 5) is 2.36. The van der Waals surface area contributed by atoms with E-state index in [0.717, 1.165) is 17.1 Å². The molecule has 1 heterocycles. The molecule has 226 valence electrons. The fourth-order valence-corrected chi connectivity index (χ4v) is 7.71. The second-order valence-electron chi connectivity index (χ2n) is 13.2. The van der Waals surface area contributed by atoms with Crippen LogP contribution in [0.2, 0.25) is 0 Å². The molecule has 1 aliphatic rings. The van der Waals surface area contributed by atoms with Gasteiger partial charge in [-0.2, -0.15) is 0 Å². The zero-order chi connectivity index (χ0) is 31.9. The van der Waals surface area contributed by atoms with E-state index in [2.05, 4.69) is 181 Å². The second kappa shape index (κ2) is 10.2. The Morgan fingerprint density at radius 3 is 1.35 bits per heavy atom. The number of nitrogens with zero attached hydrogens (tertiary/aromatic N) is 2. The standard InChI is InChI=1S/C46H32N2/c1-29-11-17-35(18-12-29)47(36-19-13-30(2)14-20-36)37-21-15-31-25-41-43(27-33(31)23-37)42-26-32-16-22-38(24-34(32)28-44(41)42)48-45-9-5-3-7-39(45)40-8-4-6-10-46(40)48/h3-28H,1-2H3. The maximum absolute atomic E-state index is 2.40. The smallest absolute Gasteiger partial charge is 0.0541 e. The summed E-state index contributed by atoms with van der Waals surface area (Å²) in [6.45, 7) is 4.28. The fraction of sp³-hybridized carbons (Fsp3) is 0.0435. The van der Waals surface area contributed by atoms with Crippen LogP contribution in [0.25, 0.3) is 71.3 Å². The van der Waals surface area contributed by atoms with Crippen molar-refractivity contribution in [2.75, 3.05) is 4.90 Å². The number of hydrogen-bond acceptors (Lipinski definition) is 1. The van der Waals surface area contributed by atoms with Crippen molar-refractivity contribution in [1.82, 2.24) is 4.57 Å². The van der Waals surface area contributed by atoms with E-state index in [1.165, 1.54) is 82.4 Å². The van der Waals surface area contributed by atoms with Gasteiger partial charge in [0.2, 0.25) is 0 Å². The van der Waals surface area contributed by atoms with Gasteiger partial charge in [-0.25, -0.2) is 0 Å². The van der Waals surface area contributed by atoms with Crippen molar-refractivity contribution in [2.24, 2.45) is 0 Å². The Morgan fingerprint density at radius 2 is 0.812 bits per heavy atom. The van der Waals surface area contributed by atoms with Crippen molar-refractivity contribution in [3.8, 4) is 27.9 Å². The summed E-state index contributed by atoms with van der Waals surface area (Å²) < 4.78 is 2.40. The van der Waals surface area contributed by atoms with Crippen LogP contribution in [0.4, 0.5) is 17.1 Å². The lowest BCUT2D eigenvalue weighted by Gasteiger charge is -2.28. The maximum atomic E-state index is 2.40. The largest absolute Gasteiger partial charge is 0.310 e. The molecule has 0 spiro atoms. The predicted octanol–water partition coefficient (Wildman–Crippen LogP) is 12.8. The molecule has 1 aromatic heterocycles. The number of hydrogen-bond donors (Lipinski definition) is 0. The molecule has 10 rings (SSSR count). The molecule has 0 unspecified atom stereocenters. The Bertz CT molecular complexity index is 2630. The summed E-state index contributed by atoms with van der Waals surface area (Å²) in [5.74, 6) is 0. The highest BCUT2D eigenvalue weighted by Gasteiger charge is 2.24. The molecule has 2 heteroatoms. The number of para-hydroxylation sites is 2. The first kappa shape index (κ1) is 27.0. The van der Waals surface area contributed by atoms with E-state index in [4.69, 9.17) is 0 Å². The normalized spacial score (nSPS) is 12.0. The van der Waals surface area contributed by atoms with Gasteiger partial charge in [0.1, 0.15) is 0 Å². The van der Waals surface area contributed by atoms with Crippen molar-refractivity contribution in [3.63, 3.8) is 0 Å². The van der Waals surface area contributed by atoms with Crippen molar-refractivity contribution >= 4 is 60.4 Å². The van der Waals surface area contributed by atoms with E-state index in [9.17, 15) is 0 Å². The number of rotatable bonds is 4. The molecular weight excluding hydrogens is 581 g/mol. The van der Waals surface area contributed by atoms with Crippen LogP contribution in [0.3, 0.4) is 0 Å². The lowest BCUT2D eigenvalue weighted by atomic mass is 9.78. The zero-order valence-electron chi connectivity index (χ0n) is 26.9. The van der Waals surface area contributed by atoms with E-state index in [-0.39, 0.29) is 0 Å². The first-order valence-corrected chi connectivity index (χ1v) is 16.7. The van der Waals surface area contributed by atoms with Gasteiger partial charge in [-0.05, 0) is 143 Å². The Kier molecular flexibility index (Phi) is 5.74. The summed E-state index contributed by atoms with van der Waals surface area (Å²) >= 11 is 0. The van der Waals surface area contributed by atoms with E-state index >= 15 is 0 Å². The lowest BCUT2D eigenvalue weighted by Crippen LogP contribution is -2.10. The molecule has 2 nitrogen and oxygen atoms in total. The summed E-state index contributed by atoms with van der Waals surface area (Å²) in [5.41, 5.74) is 15.0. The van der Waals surface area contributed by atoms with Gasteiger partial charge in [-0.3, -0.25) is 0 Å². The van der Waals surface area contributed by atoms with E-state index in [1.807, 2.05) is 0 Å². The fourth-order valence-electron chi connectivity index (χ4n) is 7.71. The lowest BCUT2D eigenvalue weighted by molar-refractivity contribution is 1.19. The minimum Gasteiger partial charge on any atom is -0.310 e. The monoisotopic (exact) mass is 612 g/mol. The maximum Gasteiger partial charge on any atom is 0.0541 e. The van der Waals surface area contributed by atoms with Crippen LogP contribution in [0, 0.1) is 13.8 Å². The van der Waals surface area contributed by atoms with Crippen molar-refractivity contribution in [2.45, 2.75) is 13.8 Å². The number of aromatic nitrogens is 1. The van der Waals surface area contributed by atoms with Crippen molar-refractivity contribution in [1.29, 1.82) is 0 Å². The molecule has 0 bridgehead atoms. The molecular formula is C46H32N2. The number of aryl methyl sites for hydroxylation is 2. The van der Waals surface area contributed by atoms with Gasteiger partial charge in [-0.1, -0.05) is 83.9 Å². The molecule has 0 saturated heterocycles. The SMILES string of the molecule is Cc1ccc(N(c2ccc(C)cc2)c2ccc3cc4c(cc3c2)-c2cc3ccc(-n5c6ccccc6c6ccccc65)cc3cc2-4)cc1. The highest BCUT2D eigenvalue weighted by atomic mass is 15.1. The van der Waals surface area contributed by atoms with E-state index < -0.39 is 0 Å². The summed E-state index contributed by atoms with van der Waals surface area (Å²) in [6.07, 6.45) is 0. The molecule has 0 saturated carbocycles. The van der Waals surface area contributed by atoms with Gasteiger partial charge < -0.3 is 9.47 Å². The predicted molar refractivity (Wildman–Crippen MR) is 204 cm³/mol. The minimum atomic E-state index is 1.16. The molecule has 8 aromatic carbocycles. The Balaban J connectivity index is 1.07. The molecule has 9 aromatic rings. The molecule has 0 radical (unpaired) electrons. The van der Waals surface area contributed by atoms with Crippen LogP contribution in [0.5, 0.6) is 0 Å². The molecule has 48 heavy (non-hydrogen) atoms.